The van der Waals surface area contributed by atoms with E-state index in [4.69, 9.17) is 0 Å². The molecule has 25 heavy (non-hydrogen) atoms. The van der Waals surface area contributed by atoms with E-state index in [1.807, 2.05) is 67.6 Å². The van der Waals surface area contributed by atoms with Crippen molar-refractivity contribution in [1.82, 2.24) is 5.43 Å². The molecule has 1 amide bonds. The zero-order valence-corrected chi connectivity index (χ0v) is 16.8. The summed E-state index contributed by atoms with van der Waals surface area (Å²) in [6.07, 6.45) is 0.283. The van der Waals surface area contributed by atoms with Crippen molar-refractivity contribution in [2.45, 2.75) is 13.3 Å². The lowest BCUT2D eigenvalue weighted by molar-refractivity contribution is -0.120. The van der Waals surface area contributed by atoms with E-state index in [9.17, 15) is 4.79 Å². The van der Waals surface area contributed by atoms with Crippen LogP contribution in [0.15, 0.2) is 74.7 Å². The van der Waals surface area contributed by atoms with Gasteiger partial charge in [-0.15, -0.1) is 0 Å². The molecule has 0 atom stereocenters. The van der Waals surface area contributed by atoms with E-state index in [2.05, 4.69) is 42.4 Å². The van der Waals surface area contributed by atoms with Crippen molar-refractivity contribution in [3.8, 4) is 0 Å². The van der Waals surface area contributed by atoms with Crippen LogP contribution in [-0.4, -0.2) is 11.6 Å². The Morgan fingerprint density at radius 1 is 0.960 bits per heavy atom. The Hall–Kier alpha value is -1.98. The molecule has 3 aromatic rings. The number of halogens is 2. The van der Waals surface area contributed by atoms with E-state index in [0.717, 1.165) is 36.6 Å². The van der Waals surface area contributed by atoms with Crippen LogP contribution in [0.3, 0.4) is 0 Å². The highest BCUT2D eigenvalue weighted by Gasteiger charge is 2.08. The average molecular weight is 460 g/mol. The minimum absolute atomic E-state index is 0.135. The molecule has 3 rings (SSSR count). The summed E-state index contributed by atoms with van der Waals surface area (Å²) in [7, 11) is 0. The lowest BCUT2D eigenvalue weighted by Gasteiger charge is -2.08. The lowest BCUT2D eigenvalue weighted by Crippen LogP contribution is -2.21. The van der Waals surface area contributed by atoms with Gasteiger partial charge in [-0.25, -0.2) is 5.43 Å². The maximum Gasteiger partial charge on any atom is 0.244 e. The molecule has 0 aliphatic rings. The standard InChI is InChI=1S/C20H16Br2N2O/c1-13(14-6-9-16(21)10-7-14)23-24-20(25)12-15-8-11-19(22)18-5-3-2-4-17(15)18/h2-11H,12H2,1H3,(H,24,25)/b23-13+. The van der Waals surface area contributed by atoms with Crippen LogP contribution in [0.2, 0.25) is 0 Å². The number of benzene rings is 3. The van der Waals surface area contributed by atoms with E-state index >= 15 is 0 Å². The van der Waals surface area contributed by atoms with Crippen molar-refractivity contribution in [3.63, 3.8) is 0 Å². The number of carbonyl (C=O) groups excluding carboxylic acids is 1. The second-order valence-corrected chi connectivity index (χ2v) is 7.44. The van der Waals surface area contributed by atoms with Crippen molar-refractivity contribution in [3.05, 3.63) is 80.7 Å². The minimum atomic E-state index is -0.135. The summed E-state index contributed by atoms with van der Waals surface area (Å²) in [6.45, 7) is 1.87. The van der Waals surface area contributed by atoms with Gasteiger partial charge in [0, 0.05) is 8.95 Å². The third-order valence-corrected chi connectivity index (χ3v) is 5.14. The monoisotopic (exact) mass is 458 g/mol. The zero-order chi connectivity index (χ0) is 17.8. The van der Waals surface area contributed by atoms with Crippen LogP contribution in [0.25, 0.3) is 10.8 Å². The van der Waals surface area contributed by atoms with Gasteiger partial charge in [0.25, 0.3) is 0 Å². The number of hydrazone groups is 1. The van der Waals surface area contributed by atoms with Crippen molar-refractivity contribution in [2.24, 2.45) is 5.10 Å². The van der Waals surface area contributed by atoms with Gasteiger partial charge in [0.15, 0.2) is 0 Å². The fraction of sp³-hybridized carbons (Fsp3) is 0.100. The molecule has 0 fully saturated rings. The first kappa shape index (κ1) is 17.8. The van der Waals surface area contributed by atoms with Gasteiger partial charge in [-0.05, 0) is 47.0 Å². The second-order valence-electron chi connectivity index (χ2n) is 5.67. The van der Waals surface area contributed by atoms with Crippen molar-refractivity contribution in [2.75, 3.05) is 0 Å². The van der Waals surface area contributed by atoms with E-state index < -0.39 is 0 Å². The van der Waals surface area contributed by atoms with Gasteiger partial charge in [-0.1, -0.05) is 74.3 Å². The van der Waals surface area contributed by atoms with Crippen molar-refractivity contribution >= 4 is 54.3 Å². The van der Waals surface area contributed by atoms with Gasteiger partial charge >= 0.3 is 0 Å². The first-order valence-electron chi connectivity index (χ1n) is 7.80. The molecule has 0 aliphatic heterocycles. The molecule has 3 nitrogen and oxygen atoms in total. The smallest absolute Gasteiger partial charge is 0.244 e. The molecule has 0 heterocycles. The van der Waals surface area contributed by atoms with Gasteiger partial charge < -0.3 is 0 Å². The highest BCUT2D eigenvalue weighted by Crippen LogP contribution is 2.27. The number of rotatable bonds is 4. The Morgan fingerprint density at radius 2 is 1.64 bits per heavy atom. The number of nitrogens with one attached hydrogen (secondary N) is 1. The number of nitrogens with zero attached hydrogens (tertiary/aromatic N) is 1. The Bertz CT molecular complexity index is 950. The fourth-order valence-corrected chi connectivity index (χ4v) is 3.34. The van der Waals surface area contributed by atoms with Crippen LogP contribution in [0.1, 0.15) is 18.1 Å². The largest absolute Gasteiger partial charge is 0.273 e. The zero-order valence-electron chi connectivity index (χ0n) is 13.6. The molecule has 0 spiro atoms. The summed E-state index contributed by atoms with van der Waals surface area (Å²) in [4.78, 5) is 12.3. The predicted octanol–water partition coefficient (Wildman–Crippen LogP) is 5.45. The maximum atomic E-state index is 12.3. The Morgan fingerprint density at radius 3 is 2.36 bits per heavy atom. The normalized spacial score (nSPS) is 11.6. The third-order valence-electron chi connectivity index (χ3n) is 3.92. The molecule has 0 radical (unpaired) electrons. The molecular formula is C20H16Br2N2O. The summed E-state index contributed by atoms with van der Waals surface area (Å²) in [6, 6.07) is 19.8. The highest BCUT2D eigenvalue weighted by atomic mass is 79.9. The maximum absolute atomic E-state index is 12.3. The molecular weight excluding hydrogens is 444 g/mol. The van der Waals surface area contributed by atoms with Crippen molar-refractivity contribution in [1.29, 1.82) is 0 Å². The number of fused-ring (bicyclic) bond motifs is 1. The van der Waals surface area contributed by atoms with E-state index in [1.165, 1.54) is 0 Å². The molecule has 0 aliphatic carbocycles. The van der Waals surface area contributed by atoms with Crippen LogP contribution >= 0.6 is 31.9 Å². The SMILES string of the molecule is C/C(=N\NC(=O)Cc1ccc(Br)c2ccccc12)c1ccc(Br)cc1. The molecule has 1 N–H and O–H groups in total. The van der Waals surface area contributed by atoms with Crippen LogP contribution in [0, 0.1) is 0 Å². The molecule has 0 saturated carbocycles. The summed E-state index contributed by atoms with van der Waals surface area (Å²) in [5.74, 6) is -0.135. The third kappa shape index (κ3) is 4.35. The second kappa shape index (κ2) is 7.93. The minimum Gasteiger partial charge on any atom is -0.273 e. The van der Waals surface area contributed by atoms with Gasteiger partial charge in [-0.3, -0.25) is 4.79 Å². The van der Waals surface area contributed by atoms with Gasteiger partial charge in [0.1, 0.15) is 0 Å². The molecule has 5 heteroatoms. The number of hydrogen-bond donors (Lipinski definition) is 1. The molecule has 0 unspecified atom stereocenters. The Balaban J connectivity index is 1.74. The molecule has 0 aromatic heterocycles. The fourth-order valence-electron chi connectivity index (χ4n) is 2.59. The Labute approximate surface area is 163 Å². The van der Waals surface area contributed by atoms with Gasteiger partial charge in [-0.2, -0.15) is 5.10 Å². The summed E-state index contributed by atoms with van der Waals surface area (Å²) in [5, 5.41) is 6.38. The van der Waals surface area contributed by atoms with E-state index in [0.29, 0.717) is 0 Å². The van der Waals surface area contributed by atoms with Crippen molar-refractivity contribution < 1.29 is 4.79 Å². The summed E-state index contributed by atoms with van der Waals surface area (Å²) >= 11 is 6.96. The number of amides is 1. The average Bonchev–Trinajstić information content (AvgIpc) is 2.63. The topological polar surface area (TPSA) is 41.5 Å². The first-order chi connectivity index (χ1) is 12.0. The molecule has 0 bridgehead atoms. The number of carbonyl (C=O) groups is 1. The van der Waals surface area contributed by atoms with Gasteiger partial charge in [0.2, 0.25) is 5.91 Å². The Kier molecular flexibility index (Phi) is 5.66. The summed E-state index contributed by atoms with van der Waals surface area (Å²) in [5.41, 5.74) is 5.36. The van der Waals surface area contributed by atoms with Crippen LogP contribution in [0.4, 0.5) is 0 Å². The van der Waals surface area contributed by atoms with E-state index in [1.54, 1.807) is 0 Å². The predicted molar refractivity (Wildman–Crippen MR) is 110 cm³/mol. The molecule has 0 saturated heterocycles. The number of hydrogen-bond acceptors (Lipinski definition) is 2. The summed E-state index contributed by atoms with van der Waals surface area (Å²) < 4.78 is 2.03. The van der Waals surface area contributed by atoms with Crippen LogP contribution < -0.4 is 5.43 Å². The van der Waals surface area contributed by atoms with E-state index in [-0.39, 0.29) is 12.3 Å². The lowest BCUT2D eigenvalue weighted by atomic mass is 10.0. The highest BCUT2D eigenvalue weighted by molar-refractivity contribution is 9.11. The van der Waals surface area contributed by atoms with Crippen LogP contribution in [-0.2, 0) is 11.2 Å². The van der Waals surface area contributed by atoms with Crippen LogP contribution in [0.5, 0.6) is 0 Å². The quantitative estimate of drug-likeness (QED) is 0.409. The first-order valence-corrected chi connectivity index (χ1v) is 9.38. The van der Waals surface area contributed by atoms with Gasteiger partial charge in [0.05, 0.1) is 12.1 Å². The molecule has 126 valence electrons. The molecule has 3 aromatic carbocycles.